The fourth-order valence-corrected chi connectivity index (χ4v) is 2.27. The Balaban J connectivity index is 3.34. The molecule has 0 fully saturated rings. The van der Waals surface area contributed by atoms with Gasteiger partial charge in [0.05, 0.1) is 11.7 Å². The molecule has 0 atom stereocenters. The largest absolute Gasteiger partial charge is 0.459 e. The van der Waals surface area contributed by atoms with E-state index in [2.05, 4.69) is 15.9 Å². The van der Waals surface area contributed by atoms with Crippen molar-refractivity contribution in [1.29, 1.82) is 0 Å². The highest BCUT2D eigenvalue weighted by molar-refractivity contribution is 9.10. The van der Waals surface area contributed by atoms with E-state index in [1.807, 2.05) is 0 Å². The zero-order chi connectivity index (χ0) is 14.1. The van der Waals surface area contributed by atoms with Crippen molar-refractivity contribution in [3.63, 3.8) is 0 Å². The van der Waals surface area contributed by atoms with Crippen molar-refractivity contribution in [2.75, 3.05) is 0 Å². The quantitative estimate of drug-likeness (QED) is 0.850. The molecule has 0 aliphatic carbocycles. The summed E-state index contributed by atoms with van der Waals surface area (Å²) in [6, 6.07) is 1.70. The van der Waals surface area contributed by atoms with Gasteiger partial charge in [-0.05, 0) is 41.9 Å². The summed E-state index contributed by atoms with van der Waals surface area (Å²) >= 11 is 2.96. The second-order valence-electron chi connectivity index (χ2n) is 3.76. The average molecular weight is 340 g/mol. The van der Waals surface area contributed by atoms with Crippen LogP contribution < -0.4 is 5.14 Å². The molecule has 1 aromatic carbocycles. The van der Waals surface area contributed by atoms with Crippen LogP contribution in [0.5, 0.6) is 0 Å². The Morgan fingerprint density at radius 3 is 2.44 bits per heavy atom. The van der Waals surface area contributed by atoms with Crippen molar-refractivity contribution in [3.05, 3.63) is 28.0 Å². The number of halogens is 2. The molecule has 0 unspecified atom stereocenters. The van der Waals surface area contributed by atoms with Gasteiger partial charge in [0.2, 0.25) is 10.0 Å². The molecule has 0 aliphatic rings. The van der Waals surface area contributed by atoms with E-state index in [1.54, 1.807) is 13.8 Å². The van der Waals surface area contributed by atoms with Gasteiger partial charge in [-0.25, -0.2) is 22.7 Å². The summed E-state index contributed by atoms with van der Waals surface area (Å²) in [5.41, 5.74) is -0.103. The predicted octanol–water partition coefficient (Wildman–Crippen LogP) is 1.80. The van der Waals surface area contributed by atoms with Crippen LogP contribution in [0.4, 0.5) is 4.39 Å². The summed E-state index contributed by atoms with van der Waals surface area (Å²) < 4.78 is 40.7. The molecule has 2 N–H and O–H groups in total. The molecule has 0 spiro atoms. The van der Waals surface area contributed by atoms with Crippen LogP contribution in [0.2, 0.25) is 0 Å². The molecule has 0 heterocycles. The molecule has 1 aromatic rings. The third-order valence-corrected chi connectivity index (χ3v) is 3.47. The molecule has 0 saturated carbocycles. The summed E-state index contributed by atoms with van der Waals surface area (Å²) in [6.07, 6.45) is -0.382. The third-order valence-electron chi connectivity index (χ3n) is 1.89. The Bertz CT molecular complexity index is 586. The van der Waals surface area contributed by atoms with Gasteiger partial charge in [0, 0.05) is 4.47 Å². The van der Waals surface area contributed by atoms with Crippen LogP contribution in [-0.4, -0.2) is 20.5 Å². The molecule has 0 aliphatic heterocycles. The molecule has 8 heteroatoms. The maximum Gasteiger partial charge on any atom is 0.339 e. The highest BCUT2D eigenvalue weighted by Gasteiger charge is 2.21. The molecule has 0 aromatic heterocycles. The number of ether oxygens (including phenoxy) is 1. The van der Waals surface area contributed by atoms with E-state index in [0.717, 1.165) is 12.1 Å². The maximum atomic E-state index is 13.4. The second kappa shape index (κ2) is 5.33. The molecule has 0 saturated heterocycles. The number of nitrogens with two attached hydrogens (primary N) is 1. The van der Waals surface area contributed by atoms with Gasteiger partial charge >= 0.3 is 5.97 Å². The average Bonchev–Trinajstić information content (AvgIpc) is 2.13. The summed E-state index contributed by atoms with van der Waals surface area (Å²) in [5, 5.41) is 4.84. The normalized spacial score (nSPS) is 11.7. The van der Waals surface area contributed by atoms with Crippen molar-refractivity contribution in [2.24, 2.45) is 5.14 Å². The van der Waals surface area contributed by atoms with Gasteiger partial charge in [0.15, 0.2) is 0 Å². The van der Waals surface area contributed by atoms with Crippen molar-refractivity contribution in [1.82, 2.24) is 0 Å². The molecule has 0 amide bonds. The maximum absolute atomic E-state index is 13.4. The minimum Gasteiger partial charge on any atom is -0.459 e. The number of esters is 1. The number of hydrogen-bond donors (Lipinski definition) is 1. The van der Waals surface area contributed by atoms with Gasteiger partial charge in [0.1, 0.15) is 10.7 Å². The van der Waals surface area contributed by atoms with Crippen LogP contribution in [-0.2, 0) is 14.8 Å². The first-order valence-corrected chi connectivity index (χ1v) is 7.19. The van der Waals surface area contributed by atoms with E-state index in [9.17, 15) is 17.6 Å². The lowest BCUT2D eigenvalue weighted by Crippen LogP contribution is -2.17. The van der Waals surface area contributed by atoms with E-state index in [0.29, 0.717) is 0 Å². The zero-order valence-electron chi connectivity index (χ0n) is 9.61. The lowest BCUT2D eigenvalue weighted by atomic mass is 10.2. The highest BCUT2D eigenvalue weighted by Crippen LogP contribution is 2.24. The number of primary sulfonamides is 1. The summed E-state index contributed by atoms with van der Waals surface area (Å²) in [5.74, 6) is -1.80. The number of sulfonamides is 1. The van der Waals surface area contributed by atoms with Crippen molar-refractivity contribution in [2.45, 2.75) is 24.8 Å². The van der Waals surface area contributed by atoms with E-state index < -0.39 is 26.7 Å². The van der Waals surface area contributed by atoms with Crippen LogP contribution in [0.3, 0.4) is 0 Å². The number of rotatable bonds is 3. The molecule has 100 valence electrons. The monoisotopic (exact) mass is 339 g/mol. The topological polar surface area (TPSA) is 86.5 Å². The molecule has 18 heavy (non-hydrogen) atoms. The van der Waals surface area contributed by atoms with Crippen molar-refractivity contribution < 1.29 is 22.3 Å². The first-order valence-electron chi connectivity index (χ1n) is 4.85. The molecule has 0 radical (unpaired) electrons. The van der Waals surface area contributed by atoms with E-state index >= 15 is 0 Å². The van der Waals surface area contributed by atoms with Crippen molar-refractivity contribution in [3.8, 4) is 0 Å². The molecular weight excluding hydrogens is 329 g/mol. The standard InChI is InChI=1S/C10H11BrFNO4S/c1-5(2)17-10(14)6-3-9(18(13,15)16)8(12)4-7(6)11/h3-5H,1-2H3,(H2,13,15,16). The van der Waals surface area contributed by atoms with Gasteiger partial charge in [-0.3, -0.25) is 0 Å². The predicted molar refractivity (Wildman–Crippen MR) is 66.0 cm³/mol. The Morgan fingerprint density at radius 2 is 2.00 bits per heavy atom. The summed E-state index contributed by atoms with van der Waals surface area (Å²) in [7, 11) is -4.24. The minimum absolute atomic E-state index is 0.0954. The van der Waals surface area contributed by atoms with E-state index in [-0.39, 0.29) is 16.1 Å². The van der Waals surface area contributed by atoms with Gasteiger partial charge in [0.25, 0.3) is 0 Å². The van der Waals surface area contributed by atoms with Crippen LogP contribution in [0.25, 0.3) is 0 Å². The molecule has 5 nitrogen and oxygen atoms in total. The van der Waals surface area contributed by atoms with Gasteiger partial charge < -0.3 is 4.74 Å². The number of carbonyl (C=O) groups is 1. The van der Waals surface area contributed by atoms with Crippen LogP contribution in [0, 0.1) is 5.82 Å². The first-order chi connectivity index (χ1) is 8.12. The van der Waals surface area contributed by atoms with Crippen LogP contribution in [0.15, 0.2) is 21.5 Å². The SMILES string of the molecule is CC(C)OC(=O)c1cc(S(N)(=O)=O)c(F)cc1Br. The van der Waals surface area contributed by atoms with Crippen LogP contribution in [0.1, 0.15) is 24.2 Å². The Hall–Kier alpha value is -0.990. The molecule has 0 bridgehead atoms. The van der Waals surface area contributed by atoms with Gasteiger partial charge in [-0.1, -0.05) is 0 Å². The fourth-order valence-electron chi connectivity index (χ4n) is 1.18. The Labute approximate surface area is 112 Å². The fraction of sp³-hybridized carbons (Fsp3) is 0.300. The minimum atomic E-state index is -4.24. The van der Waals surface area contributed by atoms with Crippen LogP contribution >= 0.6 is 15.9 Å². The number of hydrogen-bond acceptors (Lipinski definition) is 4. The zero-order valence-corrected chi connectivity index (χ0v) is 12.0. The smallest absolute Gasteiger partial charge is 0.339 e. The van der Waals surface area contributed by atoms with E-state index in [1.165, 1.54) is 0 Å². The van der Waals surface area contributed by atoms with Crippen molar-refractivity contribution >= 4 is 31.9 Å². The molecular formula is C10H11BrFNO4S. The first kappa shape index (κ1) is 15.1. The summed E-state index contributed by atoms with van der Waals surface area (Å²) in [6.45, 7) is 3.27. The van der Waals surface area contributed by atoms with Gasteiger partial charge in [-0.15, -0.1) is 0 Å². The van der Waals surface area contributed by atoms with Gasteiger partial charge in [-0.2, -0.15) is 0 Å². The Morgan fingerprint density at radius 1 is 1.44 bits per heavy atom. The second-order valence-corrected chi connectivity index (χ2v) is 6.15. The Kier molecular flexibility index (Phi) is 4.46. The number of carbonyl (C=O) groups excluding carboxylic acids is 1. The lowest BCUT2D eigenvalue weighted by molar-refractivity contribution is 0.0376. The van der Waals surface area contributed by atoms with E-state index in [4.69, 9.17) is 9.88 Å². The third kappa shape index (κ3) is 3.50. The molecule has 1 rings (SSSR count). The highest BCUT2D eigenvalue weighted by atomic mass is 79.9. The number of benzene rings is 1. The summed E-state index contributed by atoms with van der Waals surface area (Å²) in [4.78, 5) is 10.9. The lowest BCUT2D eigenvalue weighted by Gasteiger charge is -2.10.